The lowest BCUT2D eigenvalue weighted by molar-refractivity contribution is -0.137. The summed E-state index contributed by atoms with van der Waals surface area (Å²) in [5, 5.41) is 3.00. The Morgan fingerprint density at radius 2 is 1.83 bits per heavy atom. The van der Waals surface area contributed by atoms with Gasteiger partial charge in [-0.3, -0.25) is 0 Å². The van der Waals surface area contributed by atoms with Gasteiger partial charge >= 0.3 is 6.18 Å². The van der Waals surface area contributed by atoms with Gasteiger partial charge in [0.05, 0.1) is 11.7 Å². The molecule has 24 heavy (non-hydrogen) atoms. The monoisotopic (exact) mass is 347 g/mol. The molecule has 0 heterocycles. The molecule has 2 atom stereocenters. The van der Waals surface area contributed by atoms with Crippen LogP contribution in [0.25, 0.3) is 0 Å². The van der Waals surface area contributed by atoms with Crippen LogP contribution in [-0.2, 0) is 10.9 Å². The molecule has 2 unspecified atom stereocenters. The van der Waals surface area contributed by atoms with E-state index in [1.807, 2.05) is 0 Å². The normalized spacial score (nSPS) is 27.1. The van der Waals surface area contributed by atoms with Gasteiger partial charge in [-0.25, -0.2) is 4.39 Å². The van der Waals surface area contributed by atoms with Gasteiger partial charge in [0.15, 0.2) is 0 Å². The van der Waals surface area contributed by atoms with E-state index in [1.54, 1.807) is 7.11 Å². The van der Waals surface area contributed by atoms with E-state index < -0.39 is 17.6 Å². The van der Waals surface area contributed by atoms with Crippen molar-refractivity contribution in [2.45, 2.75) is 52.3 Å². The van der Waals surface area contributed by atoms with E-state index in [9.17, 15) is 17.6 Å². The fourth-order valence-electron chi connectivity index (χ4n) is 4.01. The Labute approximate surface area is 140 Å². The summed E-state index contributed by atoms with van der Waals surface area (Å²) < 4.78 is 57.4. The van der Waals surface area contributed by atoms with Gasteiger partial charge in [-0.05, 0) is 48.3 Å². The minimum atomic E-state index is -4.56. The predicted molar refractivity (Wildman–Crippen MR) is 86.4 cm³/mol. The van der Waals surface area contributed by atoms with Crippen molar-refractivity contribution in [2.24, 2.45) is 10.8 Å². The number of nitrogens with one attached hydrogen (secondary N) is 1. The second kappa shape index (κ2) is 6.54. The first-order valence-electron chi connectivity index (χ1n) is 8.07. The van der Waals surface area contributed by atoms with Gasteiger partial charge in [0.25, 0.3) is 0 Å². The molecule has 2 rings (SSSR count). The fraction of sp³-hybridized carbons (Fsp3) is 0.667. The van der Waals surface area contributed by atoms with E-state index in [1.165, 1.54) is 0 Å². The minimum absolute atomic E-state index is 0.0917. The molecule has 1 aromatic rings. The van der Waals surface area contributed by atoms with Crippen molar-refractivity contribution < 1.29 is 22.3 Å². The maximum Gasteiger partial charge on any atom is 0.416 e. The third-order valence-electron chi connectivity index (χ3n) is 4.68. The first-order valence-corrected chi connectivity index (χ1v) is 8.07. The third kappa shape index (κ3) is 4.85. The summed E-state index contributed by atoms with van der Waals surface area (Å²) in [5.74, 6) is -0.892. The second-order valence-corrected chi connectivity index (χ2v) is 8.00. The number of halogens is 4. The molecule has 6 heteroatoms. The molecule has 1 aliphatic rings. The molecule has 1 N–H and O–H groups in total. The van der Waals surface area contributed by atoms with Crippen molar-refractivity contribution >= 4 is 5.69 Å². The molecule has 0 bridgehead atoms. The highest BCUT2D eigenvalue weighted by molar-refractivity contribution is 5.47. The number of benzene rings is 1. The van der Waals surface area contributed by atoms with Crippen LogP contribution in [0.3, 0.4) is 0 Å². The average Bonchev–Trinajstić information content (AvgIpc) is 2.41. The molecular formula is C18H25F4NO. The smallest absolute Gasteiger partial charge is 0.384 e. The Morgan fingerprint density at radius 3 is 2.42 bits per heavy atom. The third-order valence-corrected chi connectivity index (χ3v) is 4.68. The fourth-order valence-corrected chi connectivity index (χ4v) is 4.01. The Hall–Kier alpha value is -1.30. The van der Waals surface area contributed by atoms with Gasteiger partial charge in [-0.2, -0.15) is 13.2 Å². The van der Waals surface area contributed by atoms with Crippen LogP contribution in [0.15, 0.2) is 18.2 Å². The van der Waals surface area contributed by atoms with Gasteiger partial charge in [-0.15, -0.1) is 0 Å². The number of anilines is 1. The van der Waals surface area contributed by atoms with Crippen LogP contribution in [0.1, 0.15) is 45.6 Å². The Kier molecular flexibility index (Phi) is 5.19. The van der Waals surface area contributed by atoms with Crippen LogP contribution in [0, 0.1) is 16.6 Å². The van der Waals surface area contributed by atoms with Crippen LogP contribution < -0.4 is 5.32 Å². The minimum Gasteiger partial charge on any atom is -0.384 e. The Balaban J connectivity index is 2.13. The molecule has 1 aliphatic carbocycles. The van der Waals surface area contributed by atoms with E-state index in [4.69, 9.17) is 4.74 Å². The van der Waals surface area contributed by atoms with Gasteiger partial charge in [-0.1, -0.05) is 20.8 Å². The zero-order valence-corrected chi connectivity index (χ0v) is 14.6. The van der Waals surface area contributed by atoms with Crippen molar-refractivity contribution in [1.29, 1.82) is 0 Å². The largest absolute Gasteiger partial charge is 0.416 e. The molecule has 1 saturated carbocycles. The van der Waals surface area contributed by atoms with Crippen LogP contribution in [-0.4, -0.2) is 19.8 Å². The van der Waals surface area contributed by atoms with Gasteiger partial charge in [0, 0.05) is 19.3 Å². The molecule has 136 valence electrons. The van der Waals surface area contributed by atoms with Crippen LogP contribution in [0.2, 0.25) is 0 Å². The molecule has 0 spiro atoms. The van der Waals surface area contributed by atoms with Crippen LogP contribution in [0.5, 0.6) is 0 Å². The first kappa shape index (κ1) is 19.0. The molecular weight excluding hydrogens is 322 g/mol. The summed E-state index contributed by atoms with van der Waals surface area (Å²) >= 11 is 0. The maximum atomic E-state index is 13.5. The number of hydrogen-bond donors (Lipinski definition) is 1. The zero-order valence-electron chi connectivity index (χ0n) is 14.6. The summed E-state index contributed by atoms with van der Waals surface area (Å²) in [6, 6.07) is 2.56. The number of alkyl halides is 3. The second-order valence-electron chi connectivity index (χ2n) is 8.00. The Bertz CT molecular complexity index is 585. The highest BCUT2D eigenvalue weighted by Crippen LogP contribution is 2.47. The van der Waals surface area contributed by atoms with Gasteiger partial charge in [0.2, 0.25) is 0 Å². The van der Waals surface area contributed by atoms with Crippen LogP contribution >= 0.6 is 0 Å². The molecule has 0 saturated heterocycles. The summed E-state index contributed by atoms with van der Waals surface area (Å²) in [7, 11) is 1.68. The lowest BCUT2D eigenvalue weighted by Gasteiger charge is -2.46. The SMILES string of the molecule is COC1CC(C)(C)CC(C)(CNc2cc(F)cc(C(F)(F)F)c2)C1. The van der Waals surface area contributed by atoms with E-state index >= 15 is 0 Å². The molecule has 0 aliphatic heterocycles. The number of ether oxygens (including phenoxy) is 1. The topological polar surface area (TPSA) is 21.3 Å². The number of rotatable bonds is 4. The van der Waals surface area contributed by atoms with Crippen molar-refractivity contribution in [2.75, 3.05) is 19.0 Å². The highest BCUT2D eigenvalue weighted by atomic mass is 19.4. The molecule has 0 amide bonds. The molecule has 2 nitrogen and oxygen atoms in total. The number of hydrogen-bond acceptors (Lipinski definition) is 2. The standard InChI is InChI=1S/C18H25F4NO/c1-16(2)8-15(24-4)9-17(3,10-16)11-23-14-6-12(18(20,21)22)5-13(19)7-14/h5-7,15,23H,8-11H2,1-4H3. The van der Waals surface area contributed by atoms with Crippen molar-refractivity contribution in [1.82, 2.24) is 0 Å². The van der Waals surface area contributed by atoms with Gasteiger partial charge < -0.3 is 10.1 Å². The highest BCUT2D eigenvalue weighted by Gasteiger charge is 2.41. The van der Waals surface area contributed by atoms with Crippen molar-refractivity contribution in [3.8, 4) is 0 Å². The summed E-state index contributed by atoms with van der Waals surface area (Å²) in [5.41, 5.74) is -0.864. The molecule has 0 aromatic heterocycles. The van der Waals surface area contributed by atoms with Gasteiger partial charge in [0.1, 0.15) is 5.82 Å². The van der Waals surface area contributed by atoms with Crippen LogP contribution in [0.4, 0.5) is 23.2 Å². The maximum absolute atomic E-state index is 13.5. The average molecular weight is 347 g/mol. The van der Waals surface area contributed by atoms with E-state index in [0.29, 0.717) is 12.6 Å². The van der Waals surface area contributed by atoms with E-state index in [2.05, 4.69) is 26.1 Å². The lowest BCUT2D eigenvalue weighted by atomic mass is 9.63. The summed E-state index contributed by atoms with van der Waals surface area (Å²) in [6.45, 7) is 6.90. The summed E-state index contributed by atoms with van der Waals surface area (Å²) in [6.07, 6.45) is -1.73. The zero-order chi connectivity index (χ0) is 18.2. The summed E-state index contributed by atoms with van der Waals surface area (Å²) in [4.78, 5) is 0. The quantitative estimate of drug-likeness (QED) is 0.728. The van der Waals surface area contributed by atoms with Crippen molar-refractivity contribution in [3.05, 3.63) is 29.6 Å². The number of methoxy groups -OCH3 is 1. The Morgan fingerprint density at radius 1 is 1.17 bits per heavy atom. The van der Waals surface area contributed by atoms with Crippen molar-refractivity contribution in [3.63, 3.8) is 0 Å². The van der Waals surface area contributed by atoms with E-state index in [0.717, 1.165) is 31.4 Å². The molecule has 0 radical (unpaired) electrons. The molecule has 1 aromatic carbocycles. The predicted octanol–water partition coefficient (Wildman–Crippen LogP) is 5.49. The van der Waals surface area contributed by atoms with E-state index in [-0.39, 0.29) is 22.6 Å². The lowest BCUT2D eigenvalue weighted by Crippen LogP contribution is -2.42. The molecule has 1 fully saturated rings. The first-order chi connectivity index (χ1) is 10.9.